The molecule has 0 aliphatic heterocycles. The average molecular weight is 595 g/mol. The summed E-state index contributed by atoms with van der Waals surface area (Å²) >= 11 is 0. The molecule has 0 saturated carbocycles. The third-order valence-electron chi connectivity index (χ3n) is 9.59. The molecule has 0 saturated heterocycles. The molecule has 10 rings (SSSR count). The van der Waals surface area contributed by atoms with E-state index in [4.69, 9.17) is 0 Å². The first-order chi connectivity index (χ1) is 21.5. The summed E-state index contributed by atoms with van der Waals surface area (Å²) in [7, 11) is 0. The fraction of sp³-hybridized carbons (Fsp3) is 0. The van der Waals surface area contributed by atoms with Crippen molar-refractivity contribution in [3.63, 3.8) is 0 Å². The van der Waals surface area contributed by atoms with Gasteiger partial charge in [0.25, 0.3) is 0 Å². The zero-order chi connectivity index (χ0) is 31.0. The van der Waals surface area contributed by atoms with E-state index in [1.165, 1.54) is 54.6 Å². The van der Waals surface area contributed by atoms with Crippen molar-refractivity contribution in [3.05, 3.63) is 54.6 Å². The van der Waals surface area contributed by atoms with Crippen LogP contribution in [0.2, 0.25) is 0 Å². The van der Waals surface area contributed by atoms with Gasteiger partial charge in [0.15, 0.2) is 0 Å². The maximum Gasteiger partial charge on any atom is 0.127 e. The second-order valence-electron chi connectivity index (χ2n) is 11.9. The lowest BCUT2D eigenvalue weighted by Gasteiger charge is -2.26. The van der Waals surface area contributed by atoms with Gasteiger partial charge >= 0.3 is 0 Å². The van der Waals surface area contributed by atoms with Crippen LogP contribution in [0.25, 0.3) is 97.0 Å². The summed E-state index contributed by atoms with van der Waals surface area (Å²) < 4.78 is 0. The maximum absolute atomic E-state index is 11.7. The summed E-state index contributed by atoms with van der Waals surface area (Å²) in [6, 6.07) is 12.2. The summed E-state index contributed by atoms with van der Waals surface area (Å²) in [4.78, 5) is 0. The monoisotopic (exact) mass is 594 g/mol. The molecule has 0 atom stereocenters. The van der Waals surface area contributed by atoms with Crippen LogP contribution in [-0.2, 0) is 0 Å². The first-order valence-electron chi connectivity index (χ1n) is 14.0. The van der Waals surface area contributed by atoms with E-state index in [9.17, 15) is 46.0 Å². The van der Waals surface area contributed by atoms with Gasteiger partial charge < -0.3 is 46.0 Å². The van der Waals surface area contributed by atoms with Crippen molar-refractivity contribution in [2.75, 3.05) is 0 Å². The van der Waals surface area contributed by atoms with Crippen LogP contribution in [-0.4, -0.2) is 46.0 Å². The Labute approximate surface area is 249 Å². The smallest absolute Gasteiger partial charge is 0.127 e. The Balaban J connectivity index is 1.75. The number of fused-ring (bicyclic) bond motifs is 9. The van der Waals surface area contributed by atoms with Gasteiger partial charge in [-0.15, -0.1) is 0 Å². The lowest BCUT2D eigenvalue weighted by Crippen LogP contribution is -1.97. The quantitative estimate of drug-likeness (QED) is 0.0626. The highest BCUT2D eigenvalue weighted by molar-refractivity contribution is 6.54. The molecule has 0 aliphatic rings. The molecule has 0 aromatic heterocycles. The average Bonchev–Trinajstić information content (AvgIpc) is 2.95. The third-order valence-corrected chi connectivity index (χ3v) is 9.59. The highest BCUT2D eigenvalue weighted by Gasteiger charge is 2.31. The fourth-order valence-electron chi connectivity index (χ4n) is 8.22. The minimum Gasteiger partial charge on any atom is -0.508 e. The summed E-state index contributed by atoms with van der Waals surface area (Å²) in [5, 5.41) is 107. The molecule has 0 fully saturated rings. The molecule has 45 heavy (non-hydrogen) atoms. The number of benzene rings is 10. The standard InChI is InChI=1S/C36H18O9/c37-10-1-13-25(19(40)4-10)16-7-23(44)29-15-3-12(39)6-21(42)27(15)18-9-24(45)30-14-2-11(38)5-20(41)26(14)17-8-22(43)28(13)34-31(16)35(29)33(18)36(30)32(17)34/h1-9,37-45H. The number of phenolic OH excluding ortho intramolecular Hbond substituents is 9. The van der Waals surface area contributed by atoms with Crippen LogP contribution in [0.4, 0.5) is 0 Å². The number of aromatic hydroxyl groups is 9. The molecule has 0 aliphatic carbocycles. The molecule has 9 N–H and O–H groups in total. The predicted molar refractivity (Wildman–Crippen MR) is 173 cm³/mol. The van der Waals surface area contributed by atoms with Crippen LogP contribution in [0.3, 0.4) is 0 Å². The molecule has 10 aromatic carbocycles. The number of hydrogen-bond acceptors (Lipinski definition) is 9. The first-order valence-corrected chi connectivity index (χ1v) is 14.0. The topological polar surface area (TPSA) is 182 Å². The van der Waals surface area contributed by atoms with Gasteiger partial charge in [-0.3, -0.25) is 0 Å². The van der Waals surface area contributed by atoms with E-state index >= 15 is 0 Å². The molecule has 0 bridgehead atoms. The van der Waals surface area contributed by atoms with Gasteiger partial charge in [0.2, 0.25) is 0 Å². The molecular formula is C36H18O9. The van der Waals surface area contributed by atoms with Gasteiger partial charge in [-0.05, 0) is 68.7 Å². The van der Waals surface area contributed by atoms with Crippen LogP contribution >= 0.6 is 0 Å². The molecule has 216 valence electrons. The molecule has 0 radical (unpaired) electrons. The summed E-state index contributed by atoms with van der Waals surface area (Å²) in [6.45, 7) is 0. The lowest BCUT2D eigenvalue weighted by molar-refractivity contribution is 0.454. The second kappa shape index (κ2) is 7.17. The van der Waals surface area contributed by atoms with E-state index in [0.717, 1.165) is 0 Å². The fourth-order valence-corrected chi connectivity index (χ4v) is 8.22. The van der Waals surface area contributed by atoms with Crippen LogP contribution in [0.1, 0.15) is 0 Å². The van der Waals surface area contributed by atoms with Crippen LogP contribution in [0.15, 0.2) is 54.6 Å². The zero-order valence-electron chi connectivity index (χ0n) is 22.7. The van der Waals surface area contributed by atoms with Crippen molar-refractivity contribution in [2.45, 2.75) is 0 Å². The van der Waals surface area contributed by atoms with E-state index < -0.39 is 0 Å². The SMILES string of the molecule is Oc1cc(O)c2c(c1)c1c(O)cc3c4c(O)cc(O)cc4c4c(O)cc5c6c(O)cc(O)cc6c6c(O)cc2c2c1c3c4c5c62. The minimum absolute atomic E-state index is 0.223. The second-order valence-corrected chi connectivity index (χ2v) is 11.9. The molecule has 0 spiro atoms. The van der Waals surface area contributed by atoms with Crippen molar-refractivity contribution in [2.24, 2.45) is 0 Å². The number of rotatable bonds is 0. The van der Waals surface area contributed by atoms with Crippen LogP contribution in [0.5, 0.6) is 51.7 Å². The van der Waals surface area contributed by atoms with E-state index in [1.807, 2.05) is 0 Å². The predicted octanol–water partition coefficient (Wildman–Crippen LogP) is 7.73. The molecule has 9 heteroatoms. The van der Waals surface area contributed by atoms with E-state index in [0.29, 0.717) is 64.6 Å². The zero-order valence-corrected chi connectivity index (χ0v) is 22.7. The molecule has 10 aromatic rings. The third kappa shape index (κ3) is 2.50. The van der Waals surface area contributed by atoms with E-state index in [2.05, 4.69) is 0 Å². The van der Waals surface area contributed by atoms with Gasteiger partial charge in [0.1, 0.15) is 51.7 Å². The molecule has 9 nitrogen and oxygen atoms in total. The summed E-state index contributed by atoms with van der Waals surface area (Å²) in [6.07, 6.45) is 0. The van der Waals surface area contributed by atoms with Gasteiger partial charge in [0, 0.05) is 82.8 Å². The van der Waals surface area contributed by atoms with Gasteiger partial charge in [-0.1, -0.05) is 0 Å². The molecule has 0 unspecified atom stereocenters. The maximum atomic E-state index is 11.7. The highest BCUT2D eigenvalue weighted by atomic mass is 16.3. The summed E-state index contributed by atoms with van der Waals surface area (Å²) in [5.41, 5.74) is 0. The van der Waals surface area contributed by atoms with Crippen molar-refractivity contribution in [1.29, 1.82) is 0 Å². The number of hydrogen-bond donors (Lipinski definition) is 9. The van der Waals surface area contributed by atoms with Crippen molar-refractivity contribution < 1.29 is 46.0 Å². The Morgan fingerprint density at radius 1 is 0.200 bits per heavy atom. The van der Waals surface area contributed by atoms with Gasteiger partial charge in [0.05, 0.1) is 0 Å². The Morgan fingerprint density at radius 3 is 0.689 bits per heavy atom. The molecule has 0 amide bonds. The Morgan fingerprint density at radius 2 is 0.422 bits per heavy atom. The molecular weight excluding hydrogens is 576 g/mol. The normalized spacial score (nSPS) is 12.8. The van der Waals surface area contributed by atoms with Gasteiger partial charge in [-0.25, -0.2) is 0 Å². The minimum atomic E-state index is -0.286. The van der Waals surface area contributed by atoms with Gasteiger partial charge in [-0.2, -0.15) is 0 Å². The van der Waals surface area contributed by atoms with Crippen molar-refractivity contribution >= 4 is 97.0 Å². The molecule has 0 heterocycles. The largest absolute Gasteiger partial charge is 0.508 e. The Bertz CT molecular complexity index is 2660. The van der Waals surface area contributed by atoms with E-state index in [-0.39, 0.29) is 84.1 Å². The summed E-state index contributed by atoms with van der Waals surface area (Å²) in [5.74, 6) is -2.29. The highest BCUT2D eigenvalue weighted by Crippen LogP contribution is 2.60. The number of phenols is 9. The Hall–Kier alpha value is -6.48. The van der Waals surface area contributed by atoms with Crippen LogP contribution < -0.4 is 0 Å². The van der Waals surface area contributed by atoms with Crippen molar-refractivity contribution in [1.82, 2.24) is 0 Å². The Kier molecular flexibility index (Phi) is 3.83. The van der Waals surface area contributed by atoms with E-state index in [1.54, 1.807) is 0 Å². The van der Waals surface area contributed by atoms with Crippen LogP contribution in [0, 0.1) is 0 Å². The van der Waals surface area contributed by atoms with Crippen molar-refractivity contribution in [3.8, 4) is 51.7 Å². The first kappa shape index (κ1) is 24.0. The lowest BCUT2D eigenvalue weighted by atomic mass is 9.77.